The molecule has 0 radical (unpaired) electrons. The summed E-state index contributed by atoms with van der Waals surface area (Å²) < 4.78 is 0. The van der Waals surface area contributed by atoms with Crippen molar-refractivity contribution < 1.29 is 0 Å². The van der Waals surface area contributed by atoms with E-state index in [0.29, 0.717) is 0 Å². The Labute approximate surface area is 113 Å². The normalized spacial score (nSPS) is 10.8. The molecule has 0 bridgehead atoms. The molecule has 0 spiro atoms. The third-order valence-electron chi connectivity index (χ3n) is 3.49. The minimum Gasteiger partial charge on any atom is -0.381 e. The van der Waals surface area contributed by atoms with Crippen LogP contribution >= 0.6 is 0 Å². The van der Waals surface area contributed by atoms with Crippen LogP contribution in [0.15, 0.2) is 48.7 Å². The standard InChI is InChI=1S/C17H18N2/c1-12-3-4-13(2)17(9-12)19-11-14-5-6-16-15(10-14)7-8-18-16/h3-10,18-19H,11H2,1-2H3. The lowest BCUT2D eigenvalue weighted by Crippen LogP contribution is -2.01. The van der Waals surface area contributed by atoms with Gasteiger partial charge >= 0.3 is 0 Å². The van der Waals surface area contributed by atoms with Crippen LogP contribution in [-0.2, 0) is 6.54 Å². The minimum atomic E-state index is 0.853. The molecular weight excluding hydrogens is 232 g/mol. The predicted molar refractivity (Wildman–Crippen MR) is 81.5 cm³/mol. The van der Waals surface area contributed by atoms with E-state index in [0.717, 1.165) is 6.54 Å². The second kappa shape index (κ2) is 4.81. The maximum absolute atomic E-state index is 3.52. The van der Waals surface area contributed by atoms with Crippen molar-refractivity contribution in [1.82, 2.24) is 4.98 Å². The summed E-state index contributed by atoms with van der Waals surface area (Å²) in [6, 6.07) is 15.1. The van der Waals surface area contributed by atoms with E-state index >= 15 is 0 Å². The molecule has 2 nitrogen and oxygen atoms in total. The Kier molecular flexibility index (Phi) is 3.00. The van der Waals surface area contributed by atoms with Gasteiger partial charge in [-0.1, -0.05) is 18.2 Å². The van der Waals surface area contributed by atoms with Gasteiger partial charge in [-0.2, -0.15) is 0 Å². The summed E-state index contributed by atoms with van der Waals surface area (Å²) in [6.07, 6.45) is 1.98. The molecule has 19 heavy (non-hydrogen) atoms. The molecule has 0 aliphatic carbocycles. The highest BCUT2D eigenvalue weighted by atomic mass is 14.9. The first-order chi connectivity index (χ1) is 9.22. The third-order valence-corrected chi connectivity index (χ3v) is 3.49. The predicted octanol–water partition coefficient (Wildman–Crippen LogP) is 4.40. The number of hydrogen-bond donors (Lipinski definition) is 2. The van der Waals surface area contributed by atoms with Crippen molar-refractivity contribution in [2.24, 2.45) is 0 Å². The summed E-state index contributed by atoms with van der Waals surface area (Å²) in [6.45, 7) is 5.11. The molecule has 2 aromatic carbocycles. The van der Waals surface area contributed by atoms with Gasteiger partial charge in [0.2, 0.25) is 0 Å². The summed E-state index contributed by atoms with van der Waals surface area (Å²) in [5.41, 5.74) is 6.28. The first-order valence-electron chi connectivity index (χ1n) is 6.59. The van der Waals surface area contributed by atoms with E-state index < -0.39 is 0 Å². The molecule has 0 amide bonds. The molecule has 0 aliphatic heterocycles. The summed E-state index contributed by atoms with van der Waals surface area (Å²) in [4.78, 5) is 3.22. The topological polar surface area (TPSA) is 27.8 Å². The number of rotatable bonds is 3. The molecule has 1 aromatic heterocycles. The highest BCUT2D eigenvalue weighted by Gasteiger charge is 2.00. The fourth-order valence-corrected chi connectivity index (χ4v) is 2.34. The SMILES string of the molecule is Cc1ccc(C)c(NCc2ccc3[nH]ccc3c2)c1. The van der Waals surface area contributed by atoms with E-state index in [1.165, 1.54) is 33.3 Å². The number of hydrogen-bond acceptors (Lipinski definition) is 1. The quantitative estimate of drug-likeness (QED) is 0.708. The van der Waals surface area contributed by atoms with Crippen molar-refractivity contribution in [3.8, 4) is 0 Å². The second-order valence-corrected chi connectivity index (χ2v) is 5.07. The Morgan fingerprint density at radius 1 is 1.00 bits per heavy atom. The van der Waals surface area contributed by atoms with Crippen LogP contribution in [0.3, 0.4) is 0 Å². The highest BCUT2D eigenvalue weighted by molar-refractivity contribution is 5.80. The molecule has 0 saturated heterocycles. The van der Waals surface area contributed by atoms with Gasteiger partial charge in [0.05, 0.1) is 0 Å². The third kappa shape index (κ3) is 2.48. The number of benzene rings is 2. The van der Waals surface area contributed by atoms with E-state index in [9.17, 15) is 0 Å². The van der Waals surface area contributed by atoms with Gasteiger partial charge in [-0.15, -0.1) is 0 Å². The van der Waals surface area contributed by atoms with E-state index in [2.05, 4.69) is 66.6 Å². The van der Waals surface area contributed by atoms with E-state index in [1.807, 2.05) is 6.20 Å². The number of fused-ring (bicyclic) bond motifs is 1. The lowest BCUT2D eigenvalue weighted by molar-refractivity contribution is 1.14. The van der Waals surface area contributed by atoms with Crippen LogP contribution in [0.1, 0.15) is 16.7 Å². The van der Waals surface area contributed by atoms with Crippen LogP contribution in [0.4, 0.5) is 5.69 Å². The van der Waals surface area contributed by atoms with Crippen molar-refractivity contribution in [1.29, 1.82) is 0 Å². The van der Waals surface area contributed by atoms with Crippen LogP contribution in [0.2, 0.25) is 0 Å². The average molecular weight is 250 g/mol. The van der Waals surface area contributed by atoms with E-state index in [4.69, 9.17) is 0 Å². The monoisotopic (exact) mass is 250 g/mol. The van der Waals surface area contributed by atoms with Gasteiger partial charge < -0.3 is 10.3 Å². The fourth-order valence-electron chi connectivity index (χ4n) is 2.34. The molecule has 2 N–H and O–H groups in total. The molecule has 0 fully saturated rings. The van der Waals surface area contributed by atoms with Gasteiger partial charge in [-0.25, -0.2) is 0 Å². The van der Waals surface area contributed by atoms with Crippen molar-refractivity contribution in [3.05, 3.63) is 65.4 Å². The smallest absolute Gasteiger partial charge is 0.0454 e. The highest BCUT2D eigenvalue weighted by Crippen LogP contribution is 2.19. The van der Waals surface area contributed by atoms with Crippen molar-refractivity contribution in [2.45, 2.75) is 20.4 Å². The fraction of sp³-hybridized carbons (Fsp3) is 0.176. The van der Waals surface area contributed by atoms with Gasteiger partial charge in [-0.3, -0.25) is 0 Å². The van der Waals surface area contributed by atoms with Crippen LogP contribution in [0.5, 0.6) is 0 Å². The maximum atomic E-state index is 3.52. The average Bonchev–Trinajstić information content (AvgIpc) is 2.87. The Morgan fingerprint density at radius 3 is 2.79 bits per heavy atom. The minimum absolute atomic E-state index is 0.853. The second-order valence-electron chi connectivity index (χ2n) is 5.07. The van der Waals surface area contributed by atoms with E-state index in [-0.39, 0.29) is 0 Å². The Morgan fingerprint density at radius 2 is 1.89 bits per heavy atom. The number of aromatic nitrogens is 1. The zero-order valence-electron chi connectivity index (χ0n) is 11.3. The number of nitrogens with one attached hydrogen (secondary N) is 2. The first kappa shape index (κ1) is 11.8. The van der Waals surface area contributed by atoms with E-state index in [1.54, 1.807) is 0 Å². The van der Waals surface area contributed by atoms with Gasteiger partial charge in [0.1, 0.15) is 0 Å². The summed E-state index contributed by atoms with van der Waals surface area (Å²) in [5, 5.41) is 4.78. The summed E-state index contributed by atoms with van der Waals surface area (Å²) in [5.74, 6) is 0. The van der Waals surface area contributed by atoms with Crippen LogP contribution < -0.4 is 5.32 Å². The number of aryl methyl sites for hydroxylation is 2. The number of H-pyrrole nitrogens is 1. The molecule has 3 aromatic rings. The number of aromatic amines is 1. The molecule has 0 atom stereocenters. The Bertz CT molecular complexity index is 710. The Hall–Kier alpha value is -2.22. The molecule has 0 saturated carbocycles. The summed E-state index contributed by atoms with van der Waals surface area (Å²) >= 11 is 0. The molecule has 2 heteroatoms. The molecule has 96 valence electrons. The van der Waals surface area contributed by atoms with Crippen LogP contribution in [-0.4, -0.2) is 4.98 Å². The molecule has 1 heterocycles. The lowest BCUT2D eigenvalue weighted by Gasteiger charge is -2.10. The zero-order chi connectivity index (χ0) is 13.2. The van der Waals surface area contributed by atoms with Gasteiger partial charge in [-0.05, 0) is 60.2 Å². The van der Waals surface area contributed by atoms with Crippen LogP contribution in [0, 0.1) is 13.8 Å². The molecular formula is C17H18N2. The molecule has 0 unspecified atom stereocenters. The van der Waals surface area contributed by atoms with Gasteiger partial charge in [0.15, 0.2) is 0 Å². The zero-order valence-corrected chi connectivity index (χ0v) is 11.3. The van der Waals surface area contributed by atoms with Crippen LogP contribution in [0.25, 0.3) is 10.9 Å². The maximum Gasteiger partial charge on any atom is 0.0454 e. The van der Waals surface area contributed by atoms with Gasteiger partial charge in [0, 0.05) is 23.9 Å². The largest absolute Gasteiger partial charge is 0.381 e. The van der Waals surface area contributed by atoms with Crippen molar-refractivity contribution in [3.63, 3.8) is 0 Å². The first-order valence-corrected chi connectivity index (χ1v) is 6.59. The molecule has 3 rings (SSSR count). The summed E-state index contributed by atoms with van der Waals surface area (Å²) in [7, 11) is 0. The van der Waals surface area contributed by atoms with Gasteiger partial charge in [0.25, 0.3) is 0 Å². The van der Waals surface area contributed by atoms with Crippen molar-refractivity contribution in [2.75, 3.05) is 5.32 Å². The lowest BCUT2D eigenvalue weighted by atomic mass is 10.1. The molecule has 0 aliphatic rings. The number of anilines is 1. The Balaban J connectivity index is 1.79. The van der Waals surface area contributed by atoms with Crippen molar-refractivity contribution >= 4 is 16.6 Å².